The molecule has 0 saturated heterocycles. The van der Waals surface area contributed by atoms with Gasteiger partial charge in [0.15, 0.2) is 0 Å². The minimum atomic E-state index is -1.55. The summed E-state index contributed by atoms with van der Waals surface area (Å²) in [6.07, 6.45) is 2.47. The largest absolute Gasteiger partial charge is 0.411 e. The predicted molar refractivity (Wildman–Crippen MR) is 62.6 cm³/mol. The van der Waals surface area contributed by atoms with Crippen molar-refractivity contribution in [3.63, 3.8) is 0 Å². The second kappa shape index (κ2) is 9.64. The van der Waals surface area contributed by atoms with Gasteiger partial charge >= 0.3 is 9.45 Å². The van der Waals surface area contributed by atoms with E-state index in [0.717, 1.165) is 26.3 Å². The molecule has 86 valence electrons. The zero-order chi connectivity index (χ0) is 10.8. The zero-order valence-electron chi connectivity index (χ0n) is 10.1. The average molecular weight is 219 g/mol. The first-order valence-electron chi connectivity index (χ1n) is 5.77. The van der Waals surface area contributed by atoms with Gasteiger partial charge in [-0.1, -0.05) is 20.3 Å². The number of unbranched alkanes of at least 4 members (excludes halogenated alkanes) is 1. The zero-order valence-corrected chi connectivity index (χ0v) is 11.2. The summed E-state index contributed by atoms with van der Waals surface area (Å²) in [5.74, 6) is 0. The molecule has 0 fully saturated rings. The normalized spacial score (nSPS) is 11.6. The van der Waals surface area contributed by atoms with Crippen LogP contribution in [0.3, 0.4) is 0 Å². The number of hydrogen-bond donors (Lipinski definition) is 0. The molecule has 0 heterocycles. The summed E-state index contributed by atoms with van der Waals surface area (Å²) < 4.78 is 13.7. The maximum absolute atomic E-state index is 5.68. The van der Waals surface area contributed by atoms with Gasteiger partial charge in [-0.2, -0.15) is 0 Å². The molecule has 14 heavy (non-hydrogen) atoms. The monoisotopic (exact) mass is 219 g/mol. The molecule has 0 aromatic rings. The van der Waals surface area contributed by atoms with Crippen molar-refractivity contribution < 1.29 is 8.85 Å². The summed E-state index contributed by atoms with van der Waals surface area (Å²) in [5, 5.41) is 0. The molecule has 0 saturated carbocycles. The van der Waals surface area contributed by atoms with Crippen LogP contribution < -0.4 is 0 Å². The first-order chi connectivity index (χ1) is 6.79. The fourth-order valence-electron chi connectivity index (χ4n) is 1.32. The van der Waals surface area contributed by atoms with Gasteiger partial charge in [0.1, 0.15) is 0 Å². The van der Waals surface area contributed by atoms with E-state index < -0.39 is 9.45 Å². The van der Waals surface area contributed by atoms with E-state index in [1.54, 1.807) is 0 Å². The predicted octanol–water partition coefficient (Wildman–Crippen LogP) is 1.90. The van der Waals surface area contributed by atoms with Gasteiger partial charge in [0.2, 0.25) is 0 Å². The van der Waals surface area contributed by atoms with E-state index in [-0.39, 0.29) is 0 Å². The van der Waals surface area contributed by atoms with Gasteiger partial charge in [-0.3, -0.25) is 4.57 Å². The van der Waals surface area contributed by atoms with E-state index in [4.69, 9.17) is 8.85 Å². The average Bonchev–Trinajstić information content (AvgIpc) is 2.19. The van der Waals surface area contributed by atoms with E-state index in [1.165, 1.54) is 12.8 Å². The standard InChI is InChI=1S/C10H25NO2Si/c1-5-9-10-11(6-2)14(12-7-3)13-8-4/h14H,5-10H2,1-4H3. The van der Waals surface area contributed by atoms with Crippen LogP contribution in [0.4, 0.5) is 0 Å². The third-order valence-corrected chi connectivity index (χ3v) is 4.58. The lowest BCUT2D eigenvalue weighted by molar-refractivity contribution is 0.155. The highest BCUT2D eigenvalue weighted by Gasteiger charge is 2.20. The molecule has 0 atom stereocenters. The van der Waals surface area contributed by atoms with E-state index in [2.05, 4.69) is 18.4 Å². The maximum atomic E-state index is 5.68. The molecular formula is C10H25NO2Si. The second-order valence-electron chi connectivity index (χ2n) is 3.20. The molecule has 0 aliphatic heterocycles. The SMILES string of the molecule is CCCCN(CC)[SiH](OCC)OCC. The van der Waals surface area contributed by atoms with Gasteiger partial charge in [0, 0.05) is 13.2 Å². The topological polar surface area (TPSA) is 21.7 Å². The number of rotatable bonds is 9. The lowest BCUT2D eigenvalue weighted by Crippen LogP contribution is -2.44. The Labute approximate surface area is 90.3 Å². The lowest BCUT2D eigenvalue weighted by atomic mass is 10.3. The highest BCUT2D eigenvalue weighted by Crippen LogP contribution is 2.02. The second-order valence-corrected chi connectivity index (χ2v) is 5.21. The molecule has 0 bridgehead atoms. The van der Waals surface area contributed by atoms with Gasteiger partial charge in [0.05, 0.1) is 0 Å². The summed E-state index contributed by atoms with van der Waals surface area (Å²) in [5.41, 5.74) is 0. The minimum Gasteiger partial charge on any atom is -0.385 e. The molecule has 0 aromatic heterocycles. The third-order valence-electron chi connectivity index (χ3n) is 2.12. The van der Waals surface area contributed by atoms with Gasteiger partial charge in [-0.25, -0.2) is 0 Å². The third kappa shape index (κ3) is 5.75. The Hall–Kier alpha value is 0.0969. The van der Waals surface area contributed by atoms with Gasteiger partial charge in [-0.05, 0) is 33.4 Å². The summed E-state index contributed by atoms with van der Waals surface area (Å²) in [6.45, 7) is 12.1. The first-order valence-corrected chi connectivity index (χ1v) is 7.23. The van der Waals surface area contributed by atoms with E-state index >= 15 is 0 Å². The summed E-state index contributed by atoms with van der Waals surface area (Å²) in [7, 11) is -1.55. The molecule has 0 N–H and O–H groups in total. The van der Waals surface area contributed by atoms with Gasteiger partial charge in [-0.15, -0.1) is 0 Å². The molecule has 4 heteroatoms. The Kier molecular flexibility index (Phi) is 9.71. The minimum absolute atomic E-state index is 0.763. The van der Waals surface area contributed by atoms with Crippen molar-refractivity contribution in [1.29, 1.82) is 0 Å². The first kappa shape index (κ1) is 14.1. The smallest absolute Gasteiger partial charge is 0.385 e. The van der Waals surface area contributed by atoms with Crippen LogP contribution >= 0.6 is 0 Å². The van der Waals surface area contributed by atoms with Crippen LogP contribution in [0, 0.1) is 0 Å². The van der Waals surface area contributed by atoms with Crippen LogP contribution in [0.15, 0.2) is 0 Å². The highest BCUT2D eigenvalue weighted by molar-refractivity contribution is 6.40. The Bertz CT molecular complexity index is 119. The lowest BCUT2D eigenvalue weighted by Gasteiger charge is -2.27. The van der Waals surface area contributed by atoms with Gasteiger partial charge < -0.3 is 8.85 Å². The van der Waals surface area contributed by atoms with Crippen molar-refractivity contribution in [3.8, 4) is 0 Å². The molecule has 0 spiro atoms. The molecule has 0 amide bonds. The number of hydrogen-bond acceptors (Lipinski definition) is 3. The molecule has 0 rings (SSSR count). The fraction of sp³-hybridized carbons (Fsp3) is 1.00. The van der Waals surface area contributed by atoms with Crippen LogP contribution in [0.1, 0.15) is 40.5 Å². The van der Waals surface area contributed by atoms with Crippen molar-refractivity contribution in [2.45, 2.75) is 40.5 Å². The quantitative estimate of drug-likeness (QED) is 0.553. The van der Waals surface area contributed by atoms with Crippen LogP contribution in [0.5, 0.6) is 0 Å². The van der Waals surface area contributed by atoms with Crippen molar-refractivity contribution in [3.05, 3.63) is 0 Å². The molecule has 0 aromatic carbocycles. The molecule has 3 nitrogen and oxygen atoms in total. The molecule has 0 aliphatic carbocycles. The highest BCUT2D eigenvalue weighted by atomic mass is 28.3. The summed E-state index contributed by atoms with van der Waals surface area (Å²) in [4.78, 5) is 0. The number of nitrogens with zero attached hydrogens (tertiary/aromatic N) is 1. The maximum Gasteiger partial charge on any atom is 0.411 e. The van der Waals surface area contributed by atoms with Gasteiger partial charge in [0.25, 0.3) is 0 Å². The van der Waals surface area contributed by atoms with Crippen LogP contribution in [0.25, 0.3) is 0 Å². The van der Waals surface area contributed by atoms with Crippen LogP contribution in [-0.4, -0.2) is 40.3 Å². The Morgan fingerprint density at radius 3 is 1.93 bits per heavy atom. The summed E-state index contributed by atoms with van der Waals surface area (Å²) >= 11 is 0. The summed E-state index contributed by atoms with van der Waals surface area (Å²) in [6, 6.07) is 0. The van der Waals surface area contributed by atoms with E-state index in [1.807, 2.05) is 13.8 Å². The van der Waals surface area contributed by atoms with Crippen molar-refractivity contribution in [2.24, 2.45) is 0 Å². The van der Waals surface area contributed by atoms with Crippen LogP contribution in [0.2, 0.25) is 0 Å². The van der Waals surface area contributed by atoms with Crippen molar-refractivity contribution in [2.75, 3.05) is 26.3 Å². The molecule has 0 radical (unpaired) electrons. The van der Waals surface area contributed by atoms with E-state index in [0.29, 0.717) is 0 Å². The molecule has 0 unspecified atom stereocenters. The molecule has 0 aliphatic rings. The Morgan fingerprint density at radius 2 is 1.57 bits per heavy atom. The van der Waals surface area contributed by atoms with Crippen LogP contribution in [-0.2, 0) is 8.85 Å². The Morgan fingerprint density at radius 1 is 1.00 bits per heavy atom. The molecular weight excluding hydrogens is 194 g/mol. The van der Waals surface area contributed by atoms with Crippen molar-refractivity contribution >= 4 is 9.45 Å². The Balaban J connectivity index is 3.96. The fourth-order valence-corrected chi connectivity index (χ4v) is 3.10. The van der Waals surface area contributed by atoms with Crippen molar-refractivity contribution in [1.82, 2.24) is 4.57 Å². The van der Waals surface area contributed by atoms with E-state index in [9.17, 15) is 0 Å².